The number of sulfonamides is 1. The molecule has 0 N–H and O–H groups in total. The van der Waals surface area contributed by atoms with Crippen LogP contribution >= 0.6 is 0 Å². The summed E-state index contributed by atoms with van der Waals surface area (Å²) < 4.78 is 27.9. The lowest BCUT2D eigenvalue weighted by Crippen LogP contribution is -2.39. The number of anilines is 1. The standard InChI is InChI=1S/C18H24N2O3S/c1-12-5-3-7-19(11-12)24(22,23)15-9-14-6-4-8-20-17(14)16(10-15)13(2)18(20)21/h9-10,12-13H,3-8,11H2,1-2H3/t12-,13-/m1/s1. The van der Waals surface area contributed by atoms with E-state index < -0.39 is 10.0 Å². The lowest BCUT2D eigenvalue weighted by atomic mass is 9.97. The largest absolute Gasteiger partial charge is 0.311 e. The van der Waals surface area contributed by atoms with Crippen LogP contribution in [0.2, 0.25) is 0 Å². The summed E-state index contributed by atoms with van der Waals surface area (Å²) >= 11 is 0. The van der Waals surface area contributed by atoms with Crippen molar-refractivity contribution in [3.63, 3.8) is 0 Å². The number of piperidine rings is 1. The van der Waals surface area contributed by atoms with E-state index in [1.165, 1.54) is 0 Å². The first kappa shape index (κ1) is 16.1. The quantitative estimate of drug-likeness (QED) is 0.825. The molecule has 1 amide bonds. The highest BCUT2D eigenvalue weighted by Crippen LogP contribution is 2.44. The molecule has 1 saturated heterocycles. The van der Waals surface area contributed by atoms with Crippen LogP contribution in [0.4, 0.5) is 5.69 Å². The second-order valence-corrected chi connectivity index (χ2v) is 9.38. The highest BCUT2D eigenvalue weighted by atomic mass is 32.2. The Morgan fingerprint density at radius 2 is 1.92 bits per heavy atom. The maximum atomic E-state index is 13.1. The fraction of sp³-hybridized carbons (Fsp3) is 0.611. The molecule has 0 aliphatic carbocycles. The van der Waals surface area contributed by atoms with E-state index in [1.807, 2.05) is 17.9 Å². The molecule has 0 spiro atoms. The Morgan fingerprint density at radius 1 is 1.12 bits per heavy atom. The molecule has 3 aliphatic heterocycles. The van der Waals surface area contributed by atoms with E-state index in [2.05, 4.69) is 6.92 Å². The molecule has 3 heterocycles. The van der Waals surface area contributed by atoms with Gasteiger partial charge in [0.1, 0.15) is 0 Å². The van der Waals surface area contributed by atoms with Gasteiger partial charge in [-0.25, -0.2) is 8.42 Å². The summed E-state index contributed by atoms with van der Waals surface area (Å²) in [7, 11) is -3.48. The van der Waals surface area contributed by atoms with Crippen molar-refractivity contribution in [1.29, 1.82) is 0 Å². The van der Waals surface area contributed by atoms with E-state index in [-0.39, 0.29) is 11.8 Å². The molecule has 2 atom stereocenters. The summed E-state index contributed by atoms with van der Waals surface area (Å²) in [6, 6.07) is 3.56. The number of hydrogen-bond acceptors (Lipinski definition) is 3. The molecule has 5 nitrogen and oxygen atoms in total. The third kappa shape index (κ3) is 2.30. The molecular weight excluding hydrogens is 324 g/mol. The summed E-state index contributed by atoms with van der Waals surface area (Å²) in [6.45, 7) is 5.93. The molecule has 1 fully saturated rings. The SMILES string of the molecule is C[C@@H]1CCCN(S(=O)(=O)c2cc3c4c(c2)[C@@H](C)C(=O)N4CCC3)C1. The first-order valence-corrected chi connectivity index (χ1v) is 10.3. The molecular formula is C18H24N2O3S. The van der Waals surface area contributed by atoms with Gasteiger partial charge in [0.25, 0.3) is 0 Å². The van der Waals surface area contributed by atoms with Gasteiger partial charge in [-0.1, -0.05) is 6.92 Å². The zero-order chi connectivity index (χ0) is 17.1. The zero-order valence-corrected chi connectivity index (χ0v) is 15.1. The van der Waals surface area contributed by atoms with Gasteiger partial charge in [-0.05, 0) is 61.8 Å². The minimum Gasteiger partial charge on any atom is -0.311 e. The van der Waals surface area contributed by atoms with Crippen molar-refractivity contribution in [2.45, 2.75) is 50.3 Å². The van der Waals surface area contributed by atoms with Crippen LogP contribution in [0.1, 0.15) is 50.2 Å². The van der Waals surface area contributed by atoms with Crippen molar-refractivity contribution in [1.82, 2.24) is 4.31 Å². The monoisotopic (exact) mass is 348 g/mol. The topological polar surface area (TPSA) is 57.7 Å². The number of benzene rings is 1. The third-order valence-corrected chi connectivity index (χ3v) is 7.49. The molecule has 24 heavy (non-hydrogen) atoms. The zero-order valence-electron chi connectivity index (χ0n) is 14.3. The van der Waals surface area contributed by atoms with Crippen LogP contribution < -0.4 is 4.90 Å². The van der Waals surface area contributed by atoms with Gasteiger partial charge < -0.3 is 4.90 Å². The predicted octanol–water partition coefficient (Wildman–Crippen LogP) is 2.50. The Balaban J connectivity index is 1.79. The van der Waals surface area contributed by atoms with Crippen molar-refractivity contribution in [3.8, 4) is 0 Å². The van der Waals surface area contributed by atoms with Crippen LogP contribution in [0.25, 0.3) is 0 Å². The Morgan fingerprint density at radius 3 is 2.67 bits per heavy atom. The Kier molecular flexibility index (Phi) is 3.73. The maximum absolute atomic E-state index is 13.1. The fourth-order valence-corrected chi connectivity index (χ4v) is 6.01. The number of carbonyl (C=O) groups excluding carboxylic acids is 1. The molecule has 130 valence electrons. The van der Waals surface area contributed by atoms with Gasteiger partial charge >= 0.3 is 0 Å². The molecule has 0 aromatic heterocycles. The summed E-state index contributed by atoms with van der Waals surface area (Å²) in [6.07, 6.45) is 3.75. The van der Waals surface area contributed by atoms with Crippen molar-refractivity contribution in [2.24, 2.45) is 5.92 Å². The number of rotatable bonds is 2. The minimum atomic E-state index is -3.48. The maximum Gasteiger partial charge on any atom is 0.243 e. The molecule has 3 aliphatic rings. The lowest BCUT2D eigenvalue weighted by Gasteiger charge is -2.31. The van der Waals surface area contributed by atoms with Gasteiger partial charge in [-0.15, -0.1) is 0 Å². The molecule has 6 heteroatoms. The highest BCUT2D eigenvalue weighted by molar-refractivity contribution is 7.89. The van der Waals surface area contributed by atoms with E-state index in [4.69, 9.17) is 0 Å². The summed E-state index contributed by atoms with van der Waals surface area (Å²) in [5.41, 5.74) is 2.88. The second kappa shape index (κ2) is 5.56. The van der Waals surface area contributed by atoms with Gasteiger partial charge in [0.2, 0.25) is 15.9 Å². The number of carbonyl (C=O) groups is 1. The molecule has 0 bridgehead atoms. The molecule has 0 saturated carbocycles. The van der Waals surface area contributed by atoms with Crippen molar-refractivity contribution in [3.05, 3.63) is 23.3 Å². The number of amides is 1. The van der Waals surface area contributed by atoms with Gasteiger partial charge in [-0.3, -0.25) is 4.79 Å². The van der Waals surface area contributed by atoms with Crippen molar-refractivity contribution >= 4 is 21.6 Å². The van der Waals surface area contributed by atoms with E-state index >= 15 is 0 Å². The normalized spacial score (nSPS) is 27.4. The molecule has 0 radical (unpaired) electrons. The molecule has 4 rings (SSSR count). The molecule has 0 unspecified atom stereocenters. The van der Waals surface area contributed by atoms with Crippen LogP contribution in [0.5, 0.6) is 0 Å². The van der Waals surface area contributed by atoms with E-state index in [1.54, 1.807) is 10.4 Å². The van der Waals surface area contributed by atoms with Crippen LogP contribution in [-0.4, -0.2) is 38.3 Å². The number of hydrogen-bond donors (Lipinski definition) is 0. The predicted molar refractivity (Wildman–Crippen MR) is 92.7 cm³/mol. The number of aryl methyl sites for hydroxylation is 1. The minimum absolute atomic E-state index is 0.104. The van der Waals surface area contributed by atoms with E-state index in [0.717, 1.165) is 49.0 Å². The number of nitrogens with zero attached hydrogens (tertiary/aromatic N) is 2. The van der Waals surface area contributed by atoms with Gasteiger partial charge in [0.05, 0.1) is 16.5 Å². The summed E-state index contributed by atoms with van der Waals surface area (Å²) in [5.74, 6) is 0.261. The molecule has 1 aromatic rings. The Labute approximate surface area is 143 Å². The van der Waals surface area contributed by atoms with Crippen LogP contribution in [0, 0.1) is 5.92 Å². The highest BCUT2D eigenvalue weighted by Gasteiger charge is 2.39. The summed E-state index contributed by atoms with van der Waals surface area (Å²) in [4.78, 5) is 14.7. The fourth-order valence-electron chi connectivity index (χ4n) is 4.33. The Bertz CT molecular complexity index is 803. The van der Waals surface area contributed by atoms with Crippen molar-refractivity contribution in [2.75, 3.05) is 24.5 Å². The summed E-state index contributed by atoms with van der Waals surface area (Å²) in [5, 5.41) is 0. The smallest absolute Gasteiger partial charge is 0.243 e. The van der Waals surface area contributed by atoms with Crippen LogP contribution in [-0.2, 0) is 21.2 Å². The lowest BCUT2D eigenvalue weighted by molar-refractivity contribution is -0.119. The van der Waals surface area contributed by atoms with E-state index in [9.17, 15) is 13.2 Å². The van der Waals surface area contributed by atoms with Crippen molar-refractivity contribution < 1.29 is 13.2 Å². The Hall–Kier alpha value is -1.40. The van der Waals surface area contributed by atoms with Crippen LogP contribution in [0.15, 0.2) is 17.0 Å². The van der Waals surface area contributed by atoms with Gasteiger partial charge in [0, 0.05) is 19.6 Å². The first-order valence-electron chi connectivity index (χ1n) is 8.88. The third-order valence-electron chi connectivity index (χ3n) is 5.65. The van der Waals surface area contributed by atoms with Crippen LogP contribution in [0.3, 0.4) is 0 Å². The average molecular weight is 348 g/mol. The second-order valence-electron chi connectivity index (χ2n) is 7.45. The first-order chi connectivity index (χ1) is 11.4. The van der Waals surface area contributed by atoms with E-state index in [0.29, 0.717) is 23.9 Å². The molecule has 1 aromatic carbocycles. The van der Waals surface area contributed by atoms with Gasteiger partial charge in [0.15, 0.2) is 0 Å². The van der Waals surface area contributed by atoms with Gasteiger partial charge in [-0.2, -0.15) is 4.31 Å². The average Bonchev–Trinajstić information content (AvgIpc) is 2.82.